The van der Waals surface area contributed by atoms with Crippen LogP contribution in [0.1, 0.15) is 11.1 Å². The summed E-state index contributed by atoms with van der Waals surface area (Å²) in [6, 6.07) is 13.8. The van der Waals surface area contributed by atoms with E-state index in [2.05, 4.69) is 14.5 Å². The molecule has 2 atom stereocenters. The lowest BCUT2D eigenvalue weighted by Gasteiger charge is -2.45. The number of hydrogen-bond acceptors (Lipinski definition) is 8. The average molecular weight is 500 g/mol. The van der Waals surface area contributed by atoms with Crippen LogP contribution in [0.2, 0.25) is 0 Å². The molecule has 2 fully saturated rings. The van der Waals surface area contributed by atoms with Crippen LogP contribution in [0, 0.1) is 28.5 Å². The molecule has 9 nitrogen and oxygen atoms in total. The Balaban J connectivity index is 1.20. The SMILES string of the molecule is N#Cc1ccc(S(=O)(=O)NCCN2CC3CN(CCOc4ccc(C#N)cc4F)CC(C2)O3)cc1. The Bertz CT molecular complexity index is 1210. The Labute approximate surface area is 204 Å². The smallest absolute Gasteiger partial charge is 0.240 e. The van der Waals surface area contributed by atoms with Gasteiger partial charge >= 0.3 is 0 Å². The van der Waals surface area contributed by atoms with Gasteiger partial charge in [0.05, 0.1) is 40.4 Å². The van der Waals surface area contributed by atoms with E-state index >= 15 is 0 Å². The summed E-state index contributed by atoms with van der Waals surface area (Å²) >= 11 is 0. The maximum Gasteiger partial charge on any atom is 0.240 e. The molecule has 35 heavy (non-hydrogen) atoms. The molecule has 2 aliphatic heterocycles. The molecule has 11 heteroatoms. The van der Waals surface area contributed by atoms with E-state index in [1.54, 1.807) is 0 Å². The molecule has 2 aliphatic rings. The Hall–Kier alpha value is -3.06. The third-order valence-corrected chi connectivity index (χ3v) is 7.45. The lowest BCUT2D eigenvalue weighted by Crippen LogP contribution is -2.60. The molecule has 2 aromatic carbocycles. The number of nitrogens with one attached hydrogen (secondary N) is 1. The molecule has 2 aromatic rings. The summed E-state index contributed by atoms with van der Waals surface area (Å²) in [6.07, 6.45) is 0.00793. The first kappa shape index (κ1) is 25.0. The normalized spacial score (nSPS) is 20.7. The van der Waals surface area contributed by atoms with Crippen LogP contribution in [0.4, 0.5) is 4.39 Å². The zero-order valence-electron chi connectivity index (χ0n) is 19.1. The summed E-state index contributed by atoms with van der Waals surface area (Å²) in [4.78, 5) is 4.56. The van der Waals surface area contributed by atoms with Gasteiger partial charge in [0.15, 0.2) is 11.6 Å². The van der Waals surface area contributed by atoms with Gasteiger partial charge in [0.2, 0.25) is 10.0 Å². The second-order valence-corrected chi connectivity index (χ2v) is 10.3. The highest BCUT2D eigenvalue weighted by Gasteiger charge is 2.34. The van der Waals surface area contributed by atoms with Gasteiger partial charge in [0.1, 0.15) is 6.61 Å². The molecule has 2 heterocycles. The predicted octanol–water partition coefficient (Wildman–Crippen LogP) is 1.31. The Kier molecular flexibility index (Phi) is 7.96. The fraction of sp³-hybridized carbons (Fsp3) is 0.417. The van der Waals surface area contributed by atoms with E-state index in [0.717, 1.165) is 6.07 Å². The summed E-state index contributed by atoms with van der Waals surface area (Å²) in [5.74, 6) is -0.416. The van der Waals surface area contributed by atoms with Crippen molar-refractivity contribution in [3.05, 3.63) is 59.4 Å². The molecule has 0 saturated carbocycles. The van der Waals surface area contributed by atoms with Crippen LogP contribution >= 0.6 is 0 Å². The second kappa shape index (κ2) is 11.1. The largest absolute Gasteiger partial charge is 0.489 e. The van der Waals surface area contributed by atoms with Gasteiger partial charge in [-0.2, -0.15) is 10.5 Å². The van der Waals surface area contributed by atoms with Gasteiger partial charge in [0.25, 0.3) is 0 Å². The number of fused-ring (bicyclic) bond motifs is 2. The van der Waals surface area contributed by atoms with Crippen LogP contribution in [-0.4, -0.2) is 82.8 Å². The number of hydrogen-bond donors (Lipinski definition) is 1. The van der Waals surface area contributed by atoms with E-state index in [1.165, 1.54) is 36.4 Å². The first-order valence-corrected chi connectivity index (χ1v) is 12.8. The molecule has 0 spiro atoms. The Morgan fingerprint density at radius 1 is 0.971 bits per heavy atom. The minimum Gasteiger partial charge on any atom is -0.489 e. The number of halogens is 1. The van der Waals surface area contributed by atoms with Crippen LogP contribution in [0.3, 0.4) is 0 Å². The van der Waals surface area contributed by atoms with E-state index in [0.29, 0.717) is 51.4 Å². The fourth-order valence-electron chi connectivity index (χ4n) is 4.33. The molecule has 184 valence electrons. The molecule has 0 aromatic heterocycles. The van der Waals surface area contributed by atoms with Gasteiger partial charge in [-0.1, -0.05) is 0 Å². The van der Waals surface area contributed by atoms with E-state index in [-0.39, 0.29) is 35.0 Å². The lowest BCUT2D eigenvalue weighted by atomic mass is 10.1. The van der Waals surface area contributed by atoms with Gasteiger partial charge in [0, 0.05) is 45.8 Å². The van der Waals surface area contributed by atoms with Crippen molar-refractivity contribution in [1.82, 2.24) is 14.5 Å². The summed E-state index contributed by atoms with van der Waals surface area (Å²) in [5, 5.41) is 17.7. The van der Waals surface area contributed by atoms with Crippen LogP contribution in [0.15, 0.2) is 47.4 Å². The molecule has 4 rings (SSSR count). The molecule has 1 N–H and O–H groups in total. The second-order valence-electron chi connectivity index (χ2n) is 8.54. The molecule has 0 radical (unpaired) electrons. The third kappa shape index (κ3) is 6.54. The van der Waals surface area contributed by atoms with Crippen molar-refractivity contribution in [2.45, 2.75) is 17.1 Å². The van der Waals surface area contributed by atoms with Crippen molar-refractivity contribution >= 4 is 10.0 Å². The van der Waals surface area contributed by atoms with E-state index in [1.807, 2.05) is 12.1 Å². The molecule has 2 bridgehead atoms. The number of rotatable bonds is 9. The minimum atomic E-state index is -3.64. The fourth-order valence-corrected chi connectivity index (χ4v) is 5.35. The highest BCUT2D eigenvalue weighted by molar-refractivity contribution is 7.89. The maximum atomic E-state index is 14.0. The highest BCUT2D eigenvalue weighted by Crippen LogP contribution is 2.20. The summed E-state index contributed by atoms with van der Waals surface area (Å²) < 4.78 is 53.1. The Morgan fingerprint density at radius 3 is 2.17 bits per heavy atom. The number of ether oxygens (including phenoxy) is 2. The van der Waals surface area contributed by atoms with Crippen LogP contribution in [0.5, 0.6) is 5.75 Å². The molecule has 2 saturated heterocycles. The number of benzene rings is 2. The third-order valence-electron chi connectivity index (χ3n) is 5.97. The molecule has 0 amide bonds. The predicted molar refractivity (Wildman–Crippen MR) is 124 cm³/mol. The van der Waals surface area contributed by atoms with Crippen LogP contribution in [0.25, 0.3) is 0 Å². The summed E-state index contributed by atoms with van der Waals surface area (Å²) in [7, 11) is -3.64. The van der Waals surface area contributed by atoms with Gasteiger partial charge in [-0.05, 0) is 42.5 Å². The Morgan fingerprint density at radius 2 is 1.57 bits per heavy atom. The number of nitrogens with zero attached hydrogens (tertiary/aromatic N) is 4. The van der Waals surface area contributed by atoms with E-state index in [4.69, 9.17) is 20.0 Å². The van der Waals surface area contributed by atoms with Gasteiger partial charge in [-0.25, -0.2) is 17.5 Å². The van der Waals surface area contributed by atoms with Crippen LogP contribution < -0.4 is 9.46 Å². The standard InChI is InChI=1S/C24H26FN5O4S/c25-23-11-19(13-27)3-6-24(23)33-10-9-30-16-20-14-29(15-21(17-30)34-20)8-7-28-35(31,32)22-4-1-18(12-26)2-5-22/h1-6,11,20-21,28H,7-10,14-17H2. The van der Waals surface area contributed by atoms with Crippen molar-refractivity contribution < 1.29 is 22.3 Å². The number of nitriles is 2. The molecule has 2 unspecified atom stereocenters. The first-order valence-electron chi connectivity index (χ1n) is 11.3. The molecular formula is C24H26FN5O4S. The van der Waals surface area contributed by atoms with Crippen molar-refractivity contribution in [2.75, 3.05) is 52.4 Å². The number of morpholine rings is 2. The van der Waals surface area contributed by atoms with Crippen molar-refractivity contribution in [1.29, 1.82) is 10.5 Å². The van der Waals surface area contributed by atoms with Gasteiger partial charge in [-0.15, -0.1) is 0 Å². The topological polar surface area (TPSA) is 119 Å². The van der Waals surface area contributed by atoms with Crippen LogP contribution in [-0.2, 0) is 14.8 Å². The maximum absolute atomic E-state index is 14.0. The monoisotopic (exact) mass is 499 g/mol. The minimum absolute atomic E-state index is 0.00396. The van der Waals surface area contributed by atoms with Crippen molar-refractivity contribution in [3.8, 4) is 17.9 Å². The summed E-state index contributed by atoms with van der Waals surface area (Å²) in [6.45, 7) is 4.59. The lowest BCUT2D eigenvalue weighted by molar-refractivity contribution is -0.138. The average Bonchev–Trinajstić information content (AvgIpc) is 2.84. The first-order chi connectivity index (χ1) is 16.9. The zero-order chi connectivity index (χ0) is 24.8. The summed E-state index contributed by atoms with van der Waals surface area (Å²) in [5.41, 5.74) is 0.660. The quantitative estimate of drug-likeness (QED) is 0.549. The highest BCUT2D eigenvalue weighted by atomic mass is 32.2. The van der Waals surface area contributed by atoms with Gasteiger partial charge in [-0.3, -0.25) is 9.80 Å². The van der Waals surface area contributed by atoms with Crippen molar-refractivity contribution in [3.63, 3.8) is 0 Å². The zero-order valence-corrected chi connectivity index (χ0v) is 19.9. The van der Waals surface area contributed by atoms with E-state index in [9.17, 15) is 12.8 Å². The number of sulfonamides is 1. The van der Waals surface area contributed by atoms with Gasteiger partial charge < -0.3 is 9.47 Å². The molecule has 0 aliphatic carbocycles. The van der Waals surface area contributed by atoms with E-state index < -0.39 is 15.8 Å². The molecular weight excluding hydrogens is 473 g/mol. The van der Waals surface area contributed by atoms with Crippen molar-refractivity contribution in [2.24, 2.45) is 0 Å².